The van der Waals surface area contributed by atoms with Crippen molar-refractivity contribution in [1.29, 1.82) is 0 Å². The van der Waals surface area contributed by atoms with Gasteiger partial charge in [-0.1, -0.05) is 0 Å². The zero-order valence-electron chi connectivity index (χ0n) is 12.5. The monoisotopic (exact) mass is 327 g/mol. The minimum atomic E-state index is -2.88. The molecule has 3 atom stereocenters. The molecule has 1 N–H and O–H groups in total. The summed E-state index contributed by atoms with van der Waals surface area (Å²) in [6.45, 7) is -1.83. The van der Waals surface area contributed by atoms with Gasteiger partial charge in [0.25, 0.3) is 5.91 Å². The van der Waals surface area contributed by atoms with Gasteiger partial charge in [0.1, 0.15) is 5.75 Å². The molecule has 3 rings (SSSR count). The van der Waals surface area contributed by atoms with Crippen molar-refractivity contribution in [2.24, 2.45) is 5.92 Å². The van der Waals surface area contributed by atoms with Gasteiger partial charge < -0.3 is 19.5 Å². The third kappa shape index (κ3) is 3.45. The summed E-state index contributed by atoms with van der Waals surface area (Å²) in [5.74, 6) is 0.0309. The molecule has 5 nitrogen and oxygen atoms in total. The van der Waals surface area contributed by atoms with E-state index in [0.29, 0.717) is 18.7 Å². The molecule has 1 saturated heterocycles. The molecule has 126 valence electrons. The van der Waals surface area contributed by atoms with Crippen molar-refractivity contribution >= 4 is 5.91 Å². The summed E-state index contributed by atoms with van der Waals surface area (Å²) < 4.78 is 34.3. The second-order valence-corrected chi connectivity index (χ2v) is 5.90. The van der Waals surface area contributed by atoms with Crippen LogP contribution in [0.3, 0.4) is 0 Å². The molecule has 1 amide bonds. The Morgan fingerprint density at radius 2 is 2.09 bits per heavy atom. The Morgan fingerprint density at radius 3 is 2.74 bits per heavy atom. The highest BCUT2D eigenvalue weighted by atomic mass is 19.3. The fourth-order valence-electron chi connectivity index (χ4n) is 3.40. The number of hydrogen-bond donors (Lipinski definition) is 1. The summed E-state index contributed by atoms with van der Waals surface area (Å²) in [6, 6.07) is 5.67. The number of halogens is 2. The predicted octanol–water partition coefficient (Wildman–Crippen LogP) is 1.90. The molecule has 1 aromatic rings. The first-order chi connectivity index (χ1) is 11.1. The van der Waals surface area contributed by atoms with E-state index in [2.05, 4.69) is 4.74 Å². The van der Waals surface area contributed by atoms with E-state index in [1.165, 1.54) is 24.3 Å². The standard InChI is InChI=1S/C16H19F2NO4/c17-16(18)23-12-3-1-11(2-4-12)15(21)19-5-6-22-14-8-10(9-20)7-13(14)19/h1-4,10,13-14,16,20H,5-9H2/t10-,13+,14+/m1/s1. The number of nitrogens with zero attached hydrogens (tertiary/aromatic N) is 1. The molecule has 7 heteroatoms. The molecule has 1 aromatic carbocycles. The van der Waals surface area contributed by atoms with Crippen molar-refractivity contribution in [3.8, 4) is 5.75 Å². The van der Waals surface area contributed by atoms with Crippen LogP contribution in [-0.4, -0.2) is 54.4 Å². The molecular weight excluding hydrogens is 308 g/mol. The number of carbonyl (C=O) groups excluding carboxylic acids is 1. The molecule has 1 aliphatic heterocycles. The maximum atomic E-state index is 12.7. The topological polar surface area (TPSA) is 59.0 Å². The van der Waals surface area contributed by atoms with Crippen LogP contribution in [0.4, 0.5) is 8.78 Å². The lowest BCUT2D eigenvalue weighted by atomic mass is 10.1. The van der Waals surface area contributed by atoms with Crippen molar-refractivity contribution in [2.45, 2.75) is 31.6 Å². The Hall–Kier alpha value is -1.73. The SMILES string of the molecule is O=C(c1ccc(OC(F)F)cc1)N1CCO[C@H]2C[C@H](CO)C[C@@H]21. The zero-order chi connectivity index (χ0) is 16.4. The molecule has 1 aliphatic carbocycles. The Morgan fingerprint density at radius 1 is 1.35 bits per heavy atom. The Kier molecular flexibility index (Phi) is 4.77. The van der Waals surface area contributed by atoms with Crippen molar-refractivity contribution < 1.29 is 28.2 Å². The molecule has 2 fully saturated rings. The number of aliphatic hydroxyl groups excluding tert-OH is 1. The minimum Gasteiger partial charge on any atom is -0.435 e. The molecule has 0 unspecified atom stereocenters. The predicted molar refractivity (Wildman–Crippen MR) is 77.4 cm³/mol. The smallest absolute Gasteiger partial charge is 0.387 e. The van der Waals surface area contributed by atoms with Crippen LogP contribution in [0.5, 0.6) is 5.75 Å². The van der Waals surface area contributed by atoms with Crippen LogP contribution >= 0.6 is 0 Å². The van der Waals surface area contributed by atoms with Gasteiger partial charge in [0.2, 0.25) is 0 Å². The Balaban J connectivity index is 1.71. The number of ether oxygens (including phenoxy) is 2. The van der Waals surface area contributed by atoms with Gasteiger partial charge in [-0.25, -0.2) is 0 Å². The van der Waals surface area contributed by atoms with Gasteiger partial charge in [-0.05, 0) is 43.0 Å². The molecule has 0 spiro atoms. The molecule has 1 heterocycles. The lowest BCUT2D eigenvalue weighted by Gasteiger charge is -2.37. The Bertz CT molecular complexity index is 552. The fraction of sp³-hybridized carbons (Fsp3) is 0.562. The van der Waals surface area contributed by atoms with Gasteiger partial charge in [0.05, 0.1) is 18.8 Å². The summed E-state index contributed by atoms with van der Waals surface area (Å²) in [5, 5.41) is 9.32. The van der Waals surface area contributed by atoms with Crippen molar-refractivity contribution in [3.63, 3.8) is 0 Å². The van der Waals surface area contributed by atoms with E-state index < -0.39 is 6.61 Å². The molecular formula is C16H19F2NO4. The average Bonchev–Trinajstić information content (AvgIpc) is 2.97. The minimum absolute atomic E-state index is 0.0256. The van der Waals surface area contributed by atoms with Crippen LogP contribution in [0.1, 0.15) is 23.2 Å². The number of hydrogen-bond acceptors (Lipinski definition) is 4. The maximum Gasteiger partial charge on any atom is 0.387 e. The van der Waals surface area contributed by atoms with E-state index in [1.807, 2.05) is 0 Å². The van der Waals surface area contributed by atoms with E-state index in [9.17, 15) is 18.7 Å². The fourth-order valence-corrected chi connectivity index (χ4v) is 3.40. The number of alkyl halides is 2. The van der Waals surface area contributed by atoms with Crippen LogP contribution in [0.15, 0.2) is 24.3 Å². The van der Waals surface area contributed by atoms with E-state index >= 15 is 0 Å². The highest BCUT2D eigenvalue weighted by Crippen LogP contribution is 2.34. The quantitative estimate of drug-likeness (QED) is 0.918. The van der Waals surface area contributed by atoms with Crippen molar-refractivity contribution in [2.75, 3.05) is 19.8 Å². The molecule has 0 radical (unpaired) electrons. The molecule has 0 bridgehead atoms. The van der Waals surface area contributed by atoms with E-state index in [1.54, 1.807) is 4.90 Å². The van der Waals surface area contributed by atoms with Crippen molar-refractivity contribution in [1.82, 2.24) is 4.90 Å². The molecule has 1 saturated carbocycles. The number of aliphatic hydroxyl groups is 1. The van der Waals surface area contributed by atoms with Crippen LogP contribution in [-0.2, 0) is 4.74 Å². The number of morpholine rings is 1. The lowest BCUT2D eigenvalue weighted by molar-refractivity contribution is -0.0499. The van der Waals surface area contributed by atoms with E-state index in [-0.39, 0.29) is 36.3 Å². The van der Waals surface area contributed by atoms with E-state index in [4.69, 9.17) is 4.74 Å². The second kappa shape index (κ2) is 6.80. The summed E-state index contributed by atoms with van der Waals surface area (Å²) in [4.78, 5) is 14.5. The van der Waals surface area contributed by atoms with Crippen LogP contribution in [0.25, 0.3) is 0 Å². The third-order valence-corrected chi connectivity index (χ3v) is 4.48. The van der Waals surface area contributed by atoms with Gasteiger partial charge in [-0.2, -0.15) is 8.78 Å². The first kappa shape index (κ1) is 16.1. The van der Waals surface area contributed by atoms with Gasteiger partial charge in [-0.15, -0.1) is 0 Å². The molecule has 23 heavy (non-hydrogen) atoms. The van der Waals surface area contributed by atoms with Gasteiger partial charge >= 0.3 is 6.61 Å². The first-order valence-corrected chi connectivity index (χ1v) is 7.66. The zero-order valence-corrected chi connectivity index (χ0v) is 12.5. The molecule has 2 aliphatic rings. The molecule has 0 aromatic heterocycles. The van der Waals surface area contributed by atoms with E-state index in [0.717, 1.165) is 12.8 Å². The number of benzene rings is 1. The van der Waals surface area contributed by atoms with Crippen LogP contribution in [0.2, 0.25) is 0 Å². The lowest BCUT2D eigenvalue weighted by Crippen LogP contribution is -2.51. The first-order valence-electron chi connectivity index (χ1n) is 7.66. The second-order valence-electron chi connectivity index (χ2n) is 5.90. The Labute approximate surface area is 132 Å². The summed E-state index contributed by atoms with van der Waals surface area (Å²) in [6.07, 6.45) is 1.44. The number of rotatable bonds is 4. The number of fused-ring (bicyclic) bond motifs is 1. The highest BCUT2D eigenvalue weighted by Gasteiger charge is 2.42. The third-order valence-electron chi connectivity index (χ3n) is 4.48. The normalized spacial score (nSPS) is 27.1. The van der Waals surface area contributed by atoms with Crippen LogP contribution in [0, 0.1) is 5.92 Å². The highest BCUT2D eigenvalue weighted by molar-refractivity contribution is 5.94. The van der Waals surface area contributed by atoms with Crippen LogP contribution < -0.4 is 4.74 Å². The number of amides is 1. The van der Waals surface area contributed by atoms with Gasteiger partial charge in [0.15, 0.2) is 0 Å². The average molecular weight is 327 g/mol. The maximum absolute atomic E-state index is 12.7. The number of carbonyl (C=O) groups is 1. The van der Waals surface area contributed by atoms with Crippen molar-refractivity contribution in [3.05, 3.63) is 29.8 Å². The summed E-state index contributed by atoms with van der Waals surface area (Å²) in [5.41, 5.74) is 0.430. The van der Waals surface area contributed by atoms with Gasteiger partial charge in [0, 0.05) is 18.7 Å². The summed E-state index contributed by atoms with van der Waals surface area (Å²) >= 11 is 0. The summed E-state index contributed by atoms with van der Waals surface area (Å²) in [7, 11) is 0. The largest absolute Gasteiger partial charge is 0.435 e. The van der Waals surface area contributed by atoms with Gasteiger partial charge in [-0.3, -0.25) is 4.79 Å².